The van der Waals surface area contributed by atoms with Crippen LogP contribution in [0.3, 0.4) is 0 Å². The standard InChI is InChI=1S/C11H21NO3/c1-4-12-11(10(13)14)5-6-15-9(7-11)8(2)3/h8-9,12H,4-7H2,1-3H3,(H,13,14). The van der Waals surface area contributed by atoms with E-state index in [4.69, 9.17) is 4.74 Å². The fourth-order valence-electron chi connectivity index (χ4n) is 2.09. The van der Waals surface area contributed by atoms with E-state index in [1.807, 2.05) is 6.92 Å². The molecule has 2 unspecified atom stereocenters. The smallest absolute Gasteiger partial charge is 0.324 e. The molecule has 1 saturated heterocycles. The molecule has 0 aromatic carbocycles. The van der Waals surface area contributed by atoms with E-state index in [1.165, 1.54) is 0 Å². The molecule has 0 aliphatic carbocycles. The quantitative estimate of drug-likeness (QED) is 0.741. The van der Waals surface area contributed by atoms with Gasteiger partial charge in [0.2, 0.25) is 0 Å². The van der Waals surface area contributed by atoms with E-state index in [9.17, 15) is 9.90 Å². The summed E-state index contributed by atoms with van der Waals surface area (Å²) in [4.78, 5) is 11.3. The van der Waals surface area contributed by atoms with Crippen LogP contribution >= 0.6 is 0 Å². The van der Waals surface area contributed by atoms with Gasteiger partial charge in [0.05, 0.1) is 6.10 Å². The minimum absolute atomic E-state index is 0.0499. The van der Waals surface area contributed by atoms with Crippen molar-refractivity contribution in [3.8, 4) is 0 Å². The largest absolute Gasteiger partial charge is 0.480 e. The van der Waals surface area contributed by atoms with Crippen LogP contribution in [0.1, 0.15) is 33.6 Å². The van der Waals surface area contributed by atoms with Crippen molar-refractivity contribution >= 4 is 5.97 Å². The van der Waals surface area contributed by atoms with Crippen molar-refractivity contribution < 1.29 is 14.6 Å². The molecule has 1 aliphatic heterocycles. The van der Waals surface area contributed by atoms with Crippen LogP contribution in [0.4, 0.5) is 0 Å². The number of carboxylic acids is 1. The lowest BCUT2D eigenvalue weighted by Crippen LogP contribution is -2.58. The maximum Gasteiger partial charge on any atom is 0.324 e. The number of rotatable bonds is 4. The third kappa shape index (κ3) is 2.69. The Labute approximate surface area is 91.0 Å². The summed E-state index contributed by atoms with van der Waals surface area (Å²) in [6.45, 7) is 7.27. The zero-order valence-corrected chi connectivity index (χ0v) is 9.75. The predicted molar refractivity (Wildman–Crippen MR) is 57.9 cm³/mol. The van der Waals surface area contributed by atoms with Crippen LogP contribution in [0.5, 0.6) is 0 Å². The normalized spacial score (nSPS) is 31.9. The van der Waals surface area contributed by atoms with Gasteiger partial charge in [0.1, 0.15) is 5.54 Å². The Morgan fingerprint density at radius 2 is 2.33 bits per heavy atom. The second kappa shape index (κ2) is 4.94. The second-order valence-electron chi connectivity index (χ2n) is 4.52. The Balaban J connectivity index is 2.75. The zero-order chi connectivity index (χ0) is 11.5. The zero-order valence-electron chi connectivity index (χ0n) is 9.75. The first-order valence-corrected chi connectivity index (χ1v) is 5.62. The third-order valence-electron chi connectivity index (χ3n) is 3.08. The number of aliphatic carboxylic acids is 1. The first kappa shape index (κ1) is 12.5. The maximum atomic E-state index is 11.3. The molecule has 0 saturated carbocycles. The van der Waals surface area contributed by atoms with Crippen molar-refractivity contribution in [3.05, 3.63) is 0 Å². The van der Waals surface area contributed by atoms with Crippen molar-refractivity contribution in [3.63, 3.8) is 0 Å². The fourth-order valence-corrected chi connectivity index (χ4v) is 2.09. The summed E-state index contributed by atoms with van der Waals surface area (Å²) < 4.78 is 5.59. The van der Waals surface area contributed by atoms with Crippen LogP contribution in [0.15, 0.2) is 0 Å². The number of ether oxygens (including phenoxy) is 1. The lowest BCUT2D eigenvalue weighted by molar-refractivity contribution is -0.153. The first-order valence-electron chi connectivity index (χ1n) is 5.62. The molecular weight excluding hydrogens is 194 g/mol. The highest BCUT2D eigenvalue weighted by molar-refractivity contribution is 5.79. The molecule has 2 atom stereocenters. The average molecular weight is 215 g/mol. The van der Waals surface area contributed by atoms with E-state index in [0.29, 0.717) is 31.9 Å². The number of carbonyl (C=O) groups is 1. The highest BCUT2D eigenvalue weighted by atomic mass is 16.5. The van der Waals surface area contributed by atoms with E-state index in [-0.39, 0.29) is 6.10 Å². The molecule has 0 bridgehead atoms. The van der Waals surface area contributed by atoms with Crippen LogP contribution in [0.2, 0.25) is 0 Å². The van der Waals surface area contributed by atoms with Gasteiger partial charge >= 0.3 is 5.97 Å². The number of hydrogen-bond acceptors (Lipinski definition) is 3. The molecular formula is C11H21NO3. The van der Waals surface area contributed by atoms with Gasteiger partial charge in [-0.15, -0.1) is 0 Å². The minimum atomic E-state index is -0.776. The molecule has 1 fully saturated rings. The van der Waals surface area contributed by atoms with Crippen LogP contribution in [-0.2, 0) is 9.53 Å². The van der Waals surface area contributed by atoms with Gasteiger partial charge in [0.15, 0.2) is 0 Å². The number of likely N-dealkylation sites (N-methyl/N-ethyl adjacent to an activating group) is 1. The van der Waals surface area contributed by atoms with Crippen LogP contribution < -0.4 is 5.32 Å². The van der Waals surface area contributed by atoms with Crippen molar-refractivity contribution in [2.24, 2.45) is 5.92 Å². The summed E-state index contributed by atoms with van der Waals surface area (Å²) in [6, 6.07) is 0. The molecule has 0 aromatic heterocycles. The van der Waals surface area contributed by atoms with Gasteiger partial charge in [0.25, 0.3) is 0 Å². The summed E-state index contributed by atoms with van der Waals surface area (Å²) in [5.74, 6) is -0.388. The molecule has 0 aromatic rings. The van der Waals surface area contributed by atoms with E-state index in [2.05, 4.69) is 19.2 Å². The summed E-state index contributed by atoms with van der Waals surface area (Å²) >= 11 is 0. The minimum Gasteiger partial charge on any atom is -0.480 e. The summed E-state index contributed by atoms with van der Waals surface area (Å²) in [5, 5.41) is 12.4. The Hall–Kier alpha value is -0.610. The highest BCUT2D eigenvalue weighted by Crippen LogP contribution is 2.28. The van der Waals surface area contributed by atoms with Crippen molar-refractivity contribution in [1.82, 2.24) is 5.32 Å². The lowest BCUT2D eigenvalue weighted by Gasteiger charge is -2.39. The Morgan fingerprint density at radius 3 is 2.80 bits per heavy atom. The molecule has 0 spiro atoms. The van der Waals surface area contributed by atoms with Gasteiger partial charge in [-0.1, -0.05) is 20.8 Å². The van der Waals surface area contributed by atoms with Gasteiger partial charge in [-0.05, 0) is 18.9 Å². The molecule has 2 N–H and O–H groups in total. The van der Waals surface area contributed by atoms with Crippen LogP contribution in [0, 0.1) is 5.92 Å². The van der Waals surface area contributed by atoms with Gasteiger partial charge in [-0.2, -0.15) is 0 Å². The van der Waals surface area contributed by atoms with Gasteiger partial charge in [-0.25, -0.2) is 0 Å². The lowest BCUT2D eigenvalue weighted by atomic mass is 9.83. The average Bonchev–Trinajstić information content (AvgIpc) is 2.18. The Kier molecular flexibility index (Phi) is 4.11. The molecule has 4 nitrogen and oxygen atoms in total. The number of hydrogen-bond donors (Lipinski definition) is 2. The molecule has 15 heavy (non-hydrogen) atoms. The van der Waals surface area contributed by atoms with E-state index >= 15 is 0 Å². The summed E-state index contributed by atoms with van der Waals surface area (Å²) in [5.41, 5.74) is -0.776. The molecule has 1 heterocycles. The SMILES string of the molecule is CCNC1(C(=O)O)CCOC(C(C)C)C1. The van der Waals surface area contributed by atoms with Crippen molar-refractivity contribution in [2.75, 3.05) is 13.2 Å². The molecule has 88 valence electrons. The van der Waals surface area contributed by atoms with E-state index < -0.39 is 11.5 Å². The molecule has 0 amide bonds. The summed E-state index contributed by atoms with van der Waals surface area (Å²) in [7, 11) is 0. The fraction of sp³-hybridized carbons (Fsp3) is 0.909. The van der Waals surface area contributed by atoms with Gasteiger partial charge in [-0.3, -0.25) is 4.79 Å². The van der Waals surface area contributed by atoms with E-state index in [1.54, 1.807) is 0 Å². The van der Waals surface area contributed by atoms with Crippen LogP contribution in [-0.4, -0.2) is 35.9 Å². The number of carboxylic acid groups (broad SMARTS) is 1. The predicted octanol–water partition coefficient (Wildman–Crippen LogP) is 1.25. The topological polar surface area (TPSA) is 58.6 Å². The monoisotopic (exact) mass is 215 g/mol. The molecule has 1 aliphatic rings. The second-order valence-corrected chi connectivity index (χ2v) is 4.52. The summed E-state index contributed by atoms with van der Waals surface area (Å²) in [6.07, 6.45) is 1.17. The maximum absolute atomic E-state index is 11.3. The van der Waals surface area contributed by atoms with Crippen LogP contribution in [0.25, 0.3) is 0 Å². The van der Waals surface area contributed by atoms with Gasteiger partial charge in [0, 0.05) is 13.0 Å². The van der Waals surface area contributed by atoms with E-state index in [0.717, 1.165) is 0 Å². The number of nitrogens with one attached hydrogen (secondary N) is 1. The van der Waals surface area contributed by atoms with Gasteiger partial charge < -0.3 is 15.2 Å². The van der Waals surface area contributed by atoms with Crippen molar-refractivity contribution in [1.29, 1.82) is 0 Å². The Bertz CT molecular complexity index is 226. The first-order chi connectivity index (χ1) is 7.02. The molecule has 0 radical (unpaired) electrons. The highest BCUT2D eigenvalue weighted by Gasteiger charge is 2.43. The Morgan fingerprint density at radius 1 is 1.67 bits per heavy atom. The third-order valence-corrected chi connectivity index (χ3v) is 3.08. The van der Waals surface area contributed by atoms with Crippen molar-refractivity contribution in [2.45, 2.75) is 45.3 Å². The molecule has 4 heteroatoms. The molecule has 1 rings (SSSR count).